The summed E-state index contributed by atoms with van der Waals surface area (Å²) >= 11 is 0. The van der Waals surface area contributed by atoms with E-state index in [-0.39, 0.29) is 6.61 Å². The van der Waals surface area contributed by atoms with Crippen LogP contribution in [0.5, 0.6) is 0 Å². The lowest BCUT2D eigenvalue weighted by molar-refractivity contribution is 0.145. The first-order valence-electron chi connectivity index (χ1n) is 8.87. The summed E-state index contributed by atoms with van der Waals surface area (Å²) in [6, 6.07) is 19.1. The largest absolute Gasteiger partial charge is 0.395 e. The van der Waals surface area contributed by atoms with E-state index in [0.29, 0.717) is 13.1 Å². The van der Waals surface area contributed by atoms with E-state index in [2.05, 4.69) is 23.7 Å². The van der Waals surface area contributed by atoms with Crippen molar-refractivity contribution in [3.8, 4) is 11.8 Å². The van der Waals surface area contributed by atoms with Crippen molar-refractivity contribution in [3.63, 3.8) is 0 Å². The first-order chi connectivity index (χ1) is 12.2. The molecule has 2 aromatic rings. The fourth-order valence-corrected chi connectivity index (χ4v) is 2.74. The maximum absolute atomic E-state index is 11.3. The second-order valence-corrected chi connectivity index (χ2v) is 6.10. The Morgan fingerprint density at radius 1 is 0.920 bits per heavy atom. The Morgan fingerprint density at radius 2 is 1.48 bits per heavy atom. The van der Waals surface area contributed by atoms with Gasteiger partial charge < -0.3 is 10.2 Å². The van der Waals surface area contributed by atoms with E-state index in [1.165, 1.54) is 0 Å². The molecule has 2 rings (SSSR count). The van der Waals surface area contributed by atoms with Gasteiger partial charge >= 0.3 is 0 Å². The molecule has 0 bridgehead atoms. The summed E-state index contributed by atoms with van der Waals surface area (Å²) in [6.45, 7) is 4.30. The average molecular weight is 337 g/mol. The van der Waals surface area contributed by atoms with Crippen molar-refractivity contribution in [2.75, 3.05) is 26.2 Å². The summed E-state index contributed by atoms with van der Waals surface area (Å²) in [5.41, 5.74) is 0.185. The molecule has 2 aromatic carbocycles. The van der Waals surface area contributed by atoms with Crippen molar-refractivity contribution in [1.82, 2.24) is 4.90 Å². The summed E-state index contributed by atoms with van der Waals surface area (Å²) in [4.78, 5) is 2.12. The van der Waals surface area contributed by atoms with Crippen molar-refractivity contribution in [3.05, 3.63) is 71.8 Å². The highest BCUT2D eigenvalue weighted by molar-refractivity contribution is 5.44. The molecule has 2 N–H and O–H groups in total. The highest BCUT2D eigenvalue weighted by Crippen LogP contribution is 2.28. The van der Waals surface area contributed by atoms with Crippen molar-refractivity contribution >= 4 is 0 Å². The second-order valence-electron chi connectivity index (χ2n) is 6.10. The maximum Gasteiger partial charge on any atom is 0.176 e. The third-order valence-electron chi connectivity index (χ3n) is 4.20. The van der Waals surface area contributed by atoms with Gasteiger partial charge in [-0.2, -0.15) is 0 Å². The Hall–Kier alpha value is -2.12. The first kappa shape index (κ1) is 19.2. The minimum atomic E-state index is -1.34. The van der Waals surface area contributed by atoms with E-state index < -0.39 is 5.60 Å². The van der Waals surface area contributed by atoms with Crippen LogP contribution >= 0.6 is 0 Å². The van der Waals surface area contributed by atoms with Gasteiger partial charge in [-0.25, -0.2) is 0 Å². The van der Waals surface area contributed by atoms with Crippen LogP contribution < -0.4 is 0 Å². The van der Waals surface area contributed by atoms with Gasteiger partial charge in [-0.05, 0) is 13.0 Å². The summed E-state index contributed by atoms with van der Waals surface area (Å²) < 4.78 is 0. The Morgan fingerprint density at radius 3 is 1.96 bits per heavy atom. The lowest BCUT2D eigenvalue weighted by atomic mass is 9.87. The Bertz CT molecular complexity index is 634. The second kappa shape index (κ2) is 10.0. The van der Waals surface area contributed by atoms with E-state index in [4.69, 9.17) is 0 Å². The minimum Gasteiger partial charge on any atom is -0.395 e. The number of unbranched alkanes of at least 4 members (excludes halogenated alkanes) is 1. The molecular formula is C22H27NO2. The lowest BCUT2D eigenvalue weighted by Crippen LogP contribution is -2.29. The molecule has 0 aliphatic carbocycles. The number of hydrogen-bond acceptors (Lipinski definition) is 3. The van der Waals surface area contributed by atoms with Gasteiger partial charge in [-0.15, -0.1) is 0 Å². The van der Waals surface area contributed by atoms with Gasteiger partial charge in [-0.3, -0.25) is 4.90 Å². The lowest BCUT2D eigenvalue weighted by Gasteiger charge is -2.24. The highest BCUT2D eigenvalue weighted by Gasteiger charge is 2.28. The summed E-state index contributed by atoms with van der Waals surface area (Å²) in [7, 11) is 0. The Labute approximate surface area is 150 Å². The van der Waals surface area contributed by atoms with Crippen LogP contribution in [-0.4, -0.2) is 41.4 Å². The van der Waals surface area contributed by atoms with E-state index in [1.807, 2.05) is 60.7 Å². The molecule has 0 radical (unpaired) electrons. The zero-order chi connectivity index (χ0) is 18.0. The van der Waals surface area contributed by atoms with Crippen molar-refractivity contribution in [2.45, 2.75) is 25.4 Å². The molecule has 25 heavy (non-hydrogen) atoms. The molecule has 0 aromatic heterocycles. The number of hydrogen-bond donors (Lipinski definition) is 2. The number of aliphatic hydroxyl groups excluding tert-OH is 1. The zero-order valence-corrected chi connectivity index (χ0v) is 14.9. The van der Waals surface area contributed by atoms with Crippen molar-refractivity contribution in [2.24, 2.45) is 0 Å². The first-order valence-corrected chi connectivity index (χ1v) is 8.87. The molecule has 0 saturated heterocycles. The monoisotopic (exact) mass is 337 g/mol. The maximum atomic E-state index is 11.3. The normalized spacial score (nSPS) is 11.2. The molecule has 0 saturated carbocycles. The van der Waals surface area contributed by atoms with Gasteiger partial charge in [0.15, 0.2) is 5.60 Å². The summed E-state index contributed by atoms with van der Waals surface area (Å²) in [6.07, 6.45) is 2.18. The molecule has 0 aliphatic rings. The summed E-state index contributed by atoms with van der Waals surface area (Å²) in [5, 5.41) is 20.5. The van der Waals surface area contributed by atoms with Crippen molar-refractivity contribution in [1.29, 1.82) is 0 Å². The molecule has 0 fully saturated rings. The van der Waals surface area contributed by atoms with Crippen LogP contribution in [-0.2, 0) is 5.60 Å². The van der Waals surface area contributed by atoms with Gasteiger partial charge in [0.05, 0.1) is 13.2 Å². The van der Waals surface area contributed by atoms with E-state index in [9.17, 15) is 10.2 Å². The van der Waals surface area contributed by atoms with E-state index in [0.717, 1.165) is 30.5 Å². The molecule has 3 nitrogen and oxygen atoms in total. The predicted molar refractivity (Wildman–Crippen MR) is 102 cm³/mol. The summed E-state index contributed by atoms with van der Waals surface area (Å²) in [5.74, 6) is 6.21. The van der Waals surface area contributed by atoms with Crippen LogP contribution in [0.3, 0.4) is 0 Å². The van der Waals surface area contributed by atoms with E-state index in [1.54, 1.807) is 0 Å². The smallest absolute Gasteiger partial charge is 0.176 e. The molecular weight excluding hydrogens is 310 g/mol. The number of aliphatic hydroxyl groups is 2. The number of rotatable bonds is 8. The van der Waals surface area contributed by atoms with Gasteiger partial charge in [0.1, 0.15) is 0 Å². The molecule has 0 atom stereocenters. The molecule has 3 heteroatoms. The van der Waals surface area contributed by atoms with Crippen LogP contribution in [0.4, 0.5) is 0 Å². The molecule has 0 heterocycles. The molecule has 0 unspecified atom stereocenters. The van der Waals surface area contributed by atoms with Gasteiger partial charge in [0.25, 0.3) is 0 Å². The van der Waals surface area contributed by atoms with Gasteiger partial charge in [-0.1, -0.05) is 85.8 Å². The number of nitrogens with zero attached hydrogens (tertiary/aromatic N) is 1. The van der Waals surface area contributed by atoms with Gasteiger partial charge in [0.2, 0.25) is 0 Å². The molecule has 0 spiro atoms. The van der Waals surface area contributed by atoms with Crippen molar-refractivity contribution < 1.29 is 10.2 Å². The molecule has 0 amide bonds. The molecule has 132 valence electrons. The van der Waals surface area contributed by atoms with Crippen LogP contribution in [0.25, 0.3) is 0 Å². The average Bonchev–Trinajstić information content (AvgIpc) is 2.67. The van der Waals surface area contributed by atoms with Crippen LogP contribution in [0, 0.1) is 11.8 Å². The Balaban J connectivity index is 2.26. The number of benzene rings is 2. The van der Waals surface area contributed by atoms with Crippen LogP contribution in [0.1, 0.15) is 30.9 Å². The minimum absolute atomic E-state index is 0.118. The highest BCUT2D eigenvalue weighted by atomic mass is 16.3. The fraction of sp³-hybridized carbons (Fsp3) is 0.364. The van der Waals surface area contributed by atoms with E-state index >= 15 is 0 Å². The van der Waals surface area contributed by atoms with Gasteiger partial charge in [0, 0.05) is 17.7 Å². The van der Waals surface area contributed by atoms with Crippen LogP contribution in [0.15, 0.2) is 60.7 Å². The third-order valence-corrected chi connectivity index (χ3v) is 4.20. The third kappa shape index (κ3) is 5.44. The molecule has 0 aliphatic heterocycles. The topological polar surface area (TPSA) is 43.7 Å². The quantitative estimate of drug-likeness (QED) is 0.728. The zero-order valence-electron chi connectivity index (χ0n) is 14.9. The SMILES string of the molecule is CCCCN(CC#CC(O)(c1ccccc1)c1ccccc1)CCO. The predicted octanol–water partition coefficient (Wildman–Crippen LogP) is 3.02. The van der Waals surface area contributed by atoms with Crippen LogP contribution in [0.2, 0.25) is 0 Å². The fourth-order valence-electron chi connectivity index (χ4n) is 2.74. The standard InChI is InChI=1S/C22H27NO2/c1-2-3-16-23(18-19-24)17-10-15-22(25,20-11-6-4-7-12-20)21-13-8-5-9-14-21/h4-9,11-14,24-25H,2-3,16-19H2,1H3. The Kier molecular flexibility index (Phi) is 7.69.